The number of rotatable bonds is 8. The van der Waals surface area contributed by atoms with Crippen molar-refractivity contribution in [3.63, 3.8) is 0 Å². The van der Waals surface area contributed by atoms with Crippen LogP contribution in [0.5, 0.6) is 11.5 Å². The summed E-state index contributed by atoms with van der Waals surface area (Å²) in [6.45, 7) is 8.17. The molecule has 2 aromatic rings. The van der Waals surface area contributed by atoms with Crippen LogP contribution in [0.4, 0.5) is 0 Å². The van der Waals surface area contributed by atoms with Gasteiger partial charge in [-0.3, -0.25) is 14.8 Å². The van der Waals surface area contributed by atoms with E-state index in [4.69, 9.17) is 9.47 Å². The summed E-state index contributed by atoms with van der Waals surface area (Å²) >= 11 is 0. The van der Waals surface area contributed by atoms with Gasteiger partial charge in [0.2, 0.25) is 5.91 Å². The number of aromatic amines is 1. The van der Waals surface area contributed by atoms with Gasteiger partial charge in [-0.1, -0.05) is 0 Å². The highest BCUT2D eigenvalue weighted by molar-refractivity contribution is 5.79. The lowest BCUT2D eigenvalue weighted by Crippen LogP contribution is -2.44. The molecule has 3 rings (SSSR count). The molecule has 1 aromatic heterocycles. The van der Waals surface area contributed by atoms with Gasteiger partial charge in [-0.05, 0) is 45.4 Å². The largest absolute Gasteiger partial charge is 0.497 e. The Balaban J connectivity index is 1.76. The number of carbonyl (C=O) groups is 1. The summed E-state index contributed by atoms with van der Waals surface area (Å²) in [6.07, 6.45) is 3.88. The first-order valence-corrected chi connectivity index (χ1v) is 10.4. The average Bonchev–Trinajstić information content (AvgIpc) is 3.21. The van der Waals surface area contributed by atoms with Crippen molar-refractivity contribution in [2.45, 2.75) is 33.2 Å². The number of H-pyrrole nitrogens is 1. The van der Waals surface area contributed by atoms with Crippen LogP contribution >= 0.6 is 0 Å². The van der Waals surface area contributed by atoms with Crippen molar-refractivity contribution in [2.24, 2.45) is 5.92 Å². The quantitative estimate of drug-likeness (QED) is 0.737. The predicted molar refractivity (Wildman–Crippen MR) is 113 cm³/mol. The van der Waals surface area contributed by atoms with E-state index in [2.05, 4.69) is 15.1 Å². The van der Waals surface area contributed by atoms with Crippen molar-refractivity contribution in [2.75, 3.05) is 40.4 Å². The molecule has 29 heavy (non-hydrogen) atoms. The van der Waals surface area contributed by atoms with E-state index < -0.39 is 0 Å². The molecule has 1 fully saturated rings. The van der Waals surface area contributed by atoms with Crippen LogP contribution in [0.15, 0.2) is 24.4 Å². The topological polar surface area (TPSA) is 70.7 Å². The molecule has 0 saturated carbocycles. The molecule has 7 nitrogen and oxygen atoms in total. The van der Waals surface area contributed by atoms with Crippen molar-refractivity contribution >= 4 is 5.91 Å². The molecule has 2 heterocycles. The Hall–Kier alpha value is -2.54. The smallest absolute Gasteiger partial charge is 0.226 e. The molecule has 1 amide bonds. The number of benzene rings is 1. The van der Waals surface area contributed by atoms with E-state index in [1.807, 2.05) is 43.1 Å². The minimum absolute atomic E-state index is 0.0783. The van der Waals surface area contributed by atoms with Gasteiger partial charge >= 0.3 is 0 Å². The Morgan fingerprint density at radius 2 is 2.07 bits per heavy atom. The molecule has 1 atom stereocenters. The monoisotopic (exact) mass is 400 g/mol. The lowest BCUT2D eigenvalue weighted by Gasteiger charge is -2.34. The van der Waals surface area contributed by atoms with Gasteiger partial charge in [0.1, 0.15) is 11.5 Å². The van der Waals surface area contributed by atoms with Crippen LogP contribution in [0.25, 0.3) is 11.3 Å². The predicted octanol–water partition coefficient (Wildman–Crippen LogP) is 3.17. The summed E-state index contributed by atoms with van der Waals surface area (Å²) in [5.74, 6) is 1.85. The fourth-order valence-corrected chi connectivity index (χ4v) is 4.10. The number of likely N-dealkylation sites (tertiary alicyclic amines) is 1. The summed E-state index contributed by atoms with van der Waals surface area (Å²) in [5, 5.41) is 7.40. The number of nitrogens with one attached hydrogen (secondary N) is 1. The van der Waals surface area contributed by atoms with Crippen LogP contribution < -0.4 is 9.47 Å². The Bertz CT molecular complexity index is 816. The van der Waals surface area contributed by atoms with Crippen molar-refractivity contribution < 1.29 is 14.3 Å². The number of amides is 1. The molecule has 1 saturated heterocycles. The SMILES string of the molecule is CCN(CC)C(=O)[C@@H]1CCCN(Cc2cn[nH]c2-c2ccc(OC)cc2OC)C1. The Morgan fingerprint density at radius 1 is 1.28 bits per heavy atom. The molecular formula is C22H32N4O3. The minimum Gasteiger partial charge on any atom is -0.497 e. The van der Waals surface area contributed by atoms with Crippen LogP contribution in [0.3, 0.4) is 0 Å². The summed E-state index contributed by atoms with van der Waals surface area (Å²) in [5.41, 5.74) is 3.00. The highest BCUT2D eigenvalue weighted by Gasteiger charge is 2.29. The fourth-order valence-electron chi connectivity index (χ4n) is 4.10. The highest BCUT2D eigenvalue weighted by atomic mass is 16.5. The number of methoxy groups -OCH3 is 2. The molecule has 7 heteroatoms. The molecule has 0 radical (unpaired) electrons. The second-order valence-corrected chi connectivity index (χ2v) is 7.42. The third-order valence-corrected chi connectivity index (χ3v) is 5.72. The van der Waals surface area contributed by atoms with Gasteiger partial charge < -0.3 is 14.4 Å². The maximum absolute atomic E-state index is 12.8. The number of aromatic nitrogens is 2. The van der Waals surface area contributed by atoms with Gasteiger partial charge in [-0.2, -0.15) is 5.10 Å². The lowest BCUT2D eigenvalue weighted by atomic mass is 9.95. The van der Waals surface area contributed by atoms with E-state index in [-0.39, 0.29) is 11.8 Å². The summed E-state index contributed by atoms with van der Waals surface area (Å²) in [7, 11) is 3.30. The first-order chi connectivity index (χ1) is 14.1. The second-order valence-electron chi connectivity index (χ2n) is 7.42. The standard InChI is InChI=1S/C22H32N4O3/c1-5-26(6-2)22(27)16-8-7-11-25(14-16)15-17-13-23-24-21(17)19-10-9-18(28-3)12-20(19)29-4/h9-10,12-13,16H,5-8,11,14-15H2,1-4H3,(H,23,24)/t16-/m1/s1. The fraction of sp³-hybridized carbons (Fsp3) is 0.545. The molecule has 158 valence electrons. The zero-order valence-electron chi connectivity index (χ0n) is 17.9. The molecule has 1 N–H and O–H groups in total. The van der Waals surface area contributed by atoms with Crippen molar-refractivity contribution in [3.8, 4) is 22.8 Å². The highest BCUT2D eigenvalue weighted by Crippen LogP contribution is 2.34. The molecule has 1 aromatic carbocycles. The maximum atomic E-state index is 12.8. The van der Waals surface area contributed by atoms with E-state index in [0.717, 1.165) is 73.9 Å². The average molecular weight is 401 g/mol. The number of nitrogens with zero attached hydrogens (tertiary/aromatic N) is 3. The number of ether oxygens (including phenoxy) is 2. The van der Waals surface area contributed by atoms with Gasteiger partial charge in [0.25, 0.3) is 0 Å². The van der Waals surface area contributed by atoms with E-state index in [9.17, 15) is 4.79 Å². The van der Waals surface area contributed by atoms with E-state index in [0.29, 0.717) is 0 Å². The van der Waals surface area contributed by atoms with E-state index >= 15 is 0 Å². The van der Waals surface area contributed by atoms with E-state index in [1.54, 1.807) is 14.2 Å². The first-order valence-electron chi connectivity index (χ1n) is 10.4. The van der Waals surface area contributed by atoms with Crippen molar-refractivity contribution in [3.05, 3.63) is 30.0 Å². The summed E-state index contributed by atoms with van der Waals surface area (Å²) in [6, 6.07) is 5.78. The van der Waals surface area contributed by atoms with Gasteiger partial charge in [0.05, 0.1) is 32.0 Å². The van der Waals surface area contributed by atoms with Crippen LogP contribution in [0, 0.1) is 5.92 Å². The summed E-state index contributed by atoms with van der Waals surface area (Å²) in [4.78, 5) is 17.1. The molecule has 1 aliphatic rings. The third-order valence-electron chi connectivity index (χ3n) is 5.72. The van der Waals surface area contributed by atoms with Gasteiger partial charge in [-0.15, -0.1) is 0 Å². The molecule has 0 spiro atoms. The Labute approximate surface area is 173 Å². The zero-order valence-corrected chi connectivity index (χ0v) is 17.9. The third kappa shape index (κ3) is 4.72. The second kappa shape index (κ2) is 9.78. The molecular weight excluding hydrogens is 368 g/mol. The number of hydrogen-bond acceptors (Lipinski definition) is 5. The van der Waals surface area contributed by atoms with Gasteiger partial charge in [0, 0.05) is 43.4 Å². The minimum atomic E-state index is 0.0783. The van der Waals surface area contributed by atoms with Gasteiger partial charge in [0.15, 0.2) is 0 Å². The van der Waals surface area contributed by atoms with Crippen molar-refractivity contribution in [1.29, 1.82) is 0 Å². The zero-order chi connectivity index (χ0) is 20.8. The number of carbonyl (C=O) groups excluding carboxylic acids is 1. The van der Waals surface area contributed by atoms with Crippen LogP contribution in [-0.2, 0) is 11.3 Å². The summed E-state index contributed by atoms with van der Waals surface area (Å²) < 4.78 is 10.9. The Morgan fingerprint density at radius 3 is 2.76 bits per heavy atom. The van der Waals surface area contributed by atoms with E-state index in [1.165, 1.54) is 0 Å². The molecule has 0 aliphatic carbocycles. The molecule has 0 unspecified atom stereocenters. The first kappa shape index (κ1) is 21.2. The van der Waals surface area contributed by atoms with Gasteiger partial charge in [-0.25, -0.2) is 0 Å². The number of piperidine rings is 1. The van der Waals surface area contributed by atoms with Crippen molar-refractivity contribution in [1.82, 2.24) is 20.0 Å². The molecule has 0 bridgehead atoms. The normalized spacial score (nSPS) is 17.2. The Kier molecular flexibility index (Phi) is 7.14. The van der Waals surface area contributed by atoms with Crippen LogP contribution in [0.1, 0.15) is 32.3 Å². The lowest BCUT2D eigenvalue weighted by molar-refractivity contribution is -0.137. The number of hydrogen-bond donors (Lipinski definition) is 1. The molecule has 1 aliphatic heterocycles. The maximum Gasteiger partial charge on any atom is 0.226 e. The van der Waals surface area contributed by atoms with Crippen LogP contribution in [0.2, 0.25) is 0 Å². The van der Waals surface area contributed by atoms with Crippen LogP contribution in [-0.4, -0.2) is 66.3 Å².